The summed E-state index contributed by atoms with van der Waals surface area (Å²) >= 11 is 0. The van der Waals surface area contributed by atoms with Gasteiger partial charge >= 0.3 is 17.8 Å². The van der Waals surface area contributed by atoms with Gasteiger partial charge in [-0.1, -0.05) is 29.8 Å². The van der Waals surface area contributed by atoms with Crippen molar-refractivity contribution < 1.29 is 51.4 Å². The molecule has 0 spiro atoms. The molecule has 0 aliphatic rings. The SMILES string of the molecule is Cc1cccc(CNC(=O)C(=O)N[C@@H](C)C(=O)N[C@@H](CC(=O)O)C(=O)COc2c(F)c(F)cc(F)c2F)c1. The number of aliphatic carboxylic acids is 1. The number of carboxylic acid groups (broad SMARTS) is 1. The highest BCUT2D eigenvalue weighted by Crippen LogP contribution is 2.26. The summed E-state index contributed by atoms with van der Waals surface area (Å²) in [6.07, 6.45) is -1.01. The van der Waals surface area contributed by atoms with Crippen molar-refractivity contribution in [3.8, 4) is 5.75 Å². The Morgan fingerprint density at radius 3 is 2.16 bits per heavy atom. The van der Waals surface area contributed by atoms with Crippen LogP contribution in [-0.4, -0.2) is 53.3 Å². The minimum absolute atomic E-state index is 0.0279. The van der Waals surface area contributed by atoms with Crippen LogP contribution in [0.5, 0.6) is 5.75 Å². The summed E-state index contributed by atoms with van der Waals surface area (Å²) in [6.45, 7) is 1.74. The van der Waals surface area contributed by atoms with Crippen molar-refractivity contribution >= 4 is 29.5 Å². The van der Waals surface area contributed by atoms with E-state index in [-0.39, 0.29) is 12.6 Å². The third-order valence-electron chi connectivity index (χ3n) is 5.00. The van der Waals surface area contributed by atoms with Crippen LogP contribution >= 0.6 is 0 Å². The summed E-state index contributed by atoms with van der Waals surface area (Å²) in [6, 6.07) is 3.77. The minimum Gasteiger partial charge on any atom is -0.481 e. The number of carboxylic acids is 1. The first-order valence-corrected chi connectivity index (χ1v) is 10.9. The number of ether oxygens (including phenoxy) is 1. The molecule has 2 rings (SSSR count). The molecule has 2 aromatic carbocycles. The molecule has 2 aromatic rings. The molecule has 0 fully saturated rings. The first kappa shape index (κ1) is 29.7. The maximum Gasteiger partial charge on any atom is 0.309 e. The lowest BCUT2D eigenvalue weighted by Gasteiger charge is -2.20. The van der Waals surface area contributed by atoms with Gasteiger partial charge in [0.05, 0.1) is 6.42 Å². The quantitative estimate of drug-likeness (QED) is 0.190. The third-order valence-corrected chi connectivity index (χ3v) is 5.00. The van der Waals surface area contributed by atoms with Crippen LogP contribution in [0.4, 0.5) is 17.6 Å². The molecule has 4 N–H and O–H groups in total. The summed E-state index contributed by atoms with van der Waals surface area (Å²) < 4.78 is 58.6. The summed E-state index contributed by atoms with van der Waals surface area (Å²) in [5, 5.41) is 15.5. The van der Waals surface area contributed by atoms with Crippen molar-refractivity contribution in [1.82, 2.24) is 16.0 Å². The number of rotatable bonds is 11. The monoisotopic (exact) mass is 541 g/mol. The Morgan fingerprint density at radius 1 is 0.947 bits per heavy atom. The van der Waals surface area contributed by atoms with Crippen molar-refractivity contribution in [1.29, 1.82) is 0 Å². The molecule has 0 saturated carbocycles. The van der Waals surface area contributed by atoms with Crippen molar-refractivity contribution in [2.24, 2.45) is 0 Å². The summed E-state index contributed by atoms with van der Waals surface area (Å²) in [5.41, 5.74) is 1.65. The molecule has 0 bridgehead atoms. The molecule has 14 heteroatoms. The number of carbonyl (C=O) groups excluding carboxylic acids is 4. The Labute approximate surface area is 213 Å². The Hall–Kier alpha value is -4.49. The highest BCUT2D eigenvalue weighted by atomic mass is 19.2. The average Bonchev–Trinajstić information content (AvgIpc) is 2.85. The van der Waals surface area contributed by atoms with Crippen molar-refractivity contribution in [2.75, 3.05) is 6.61 Å². The van der Waals surface area contributed by atoms with Gasteiger partial charge in [-0.15, -0.1) is 0 Å². The molecule has 0 heterocycles. The molecule has 2 atom stereocenters. The number of halogens is 4. The van der Waals surface area contributed by atoms with E-state index in [1.54, 1.807) is 18.2 Å². The zero-order valence-corrected chi connectivity index (χ0v) is 20.1. The third kappa shape index (κ3) is 8.28. The van der Waals surface area contributed by atoms with Gasteiger partial charge in [-0.3, -0.25) is 24.0 Å². The van der Waals surface area contributed by atoms with Gasteiger partial charge in [0.2, 0.25) is 17.5 Å². The Bertz CT molecular complexity index is 1230. The number of hydrogen-bond donors (Lipinski definition) is 4. The molecule has 38 heavy (non-hydrogen) atoms. The van der Waals surface area contributed by atoms with E-state index in [0.717, 1.165) is 18.1 Å². The fourth-order valence-electron chi connectivity index (χ4n) is 3.05. The van der Waals surface area contributed by atoms with E-state index in [9.17, 15) is 41.5 Å². The summed E-state index contributed by atoms with van der Waals surface area (Å²) in [4.78, 5) is 60.1. The van der Waals surface area contributed by atoms with E-state index in [0.29, 0.717) is 0 Å². The number of hydrogen-bond acceptors (Lipinski definition) is 6. The summed E-state index contributed by atoms with van der Waals surface area (Å²) in [7, 11) is 0. The first-order chi connectivity index (χ1) is 17.8. The lowest BCUT2D eigenvalue weighted by Crippen LogP contribution is -2.53. The van der Waals surface area contributed by atoms with Crippen LogP contribution in [0.1, 0.15) is 24.5 Å². The first-order valence-electron chi connectivity index (χ1n) is 10.9. The average molecular weight is 541 g/mol. The molecule has 0 radical (unpaired) electrons. The maximum absolute atomic E-state index is 13.7. The largest absolute Gasteiger partial charge is 0.481 e. The molecule has 204 valence electrons. The van der Waals surface area contributed by atoms with Gasteiger partial charge < -0.3 is 25.8 Å². The molecule has 0 aromatic heterocycles. The van der Waals surface area contributed by atoms with E-state index < -0.39 is 83.6 Å². The summed E-state index contributed by atoms with van der Waals surface area (Å²) in [5.74, 6) is -15.1. The van der Waals surface area contributed by atoms with Gasteiger partial charge in [-0.2, -0.15) is 8.78 Å². The number of amides is 3. The van der Waals surface area contributed by atoms with Gasteiger partial charge in [0.25, 0.3) is 0 Å². The van der Waals surface area contributed by atoms with Gasteiger partial charge in [0, 0.05) is 12.6 Å². The Kier molecular flexibility index (Phi) is 10.3. The molecule has 0 aliphatic carbocycles. The molecule has 10 nitrogen and oxygen atoms in total. The van der Waals surface area contributed by atoms with E-state index in [4.69, 9.17) is 5.11 Å². The lowest BCUT2D eigenvalue weighted by atomic mass is 10.1. The van der Waals surface area contributed by atoms with E-state index in [1.807, 2.05) is 18.3 Å². The zero-order valence-electron chi connectivity index (χ0n) is 20.1. The van der Waals surface area contributed by atoms with Crippen LogP contribution in [0.2, 0.25) is 0 Å². The smallest absolute Gasteiger partial charge is 0.309 e. The van der Waals surface area contributed by atoms with E-state index in [1.165, 1.54) is 0 Å². The van der Waals surface area contributed by atoms with Gasteiger partial charge in [-0.25, -0.2) is 8.78 Å². The number of benzene rings is 2. The van der Waals surface area contributed by atoms with E-state index >= 15 is 0 Å². The molecule has 3 amide bonds. The second kappa shape index (κ2) is 13.2. The molecular formula is C24H23F4N3O7. The number of carbonyl (C=O) groups is 5. The van der Waals surface area contributed by atoms with Crippen LogP contribution in [0.15, 0.2) is 30.3 Å². The van der Waals surface area contributed by atoms with E-state index in [2.05, 4.69) is 15.4 Å². The van der Waals surface area contributed by atoms with Crippen molar-refractivity contribution in [2.45, 2.75) is 38.9 Å². The second-order valence-electron chi connectivity index (χ2n) is 8.08. The topological polar surface area (TPSA) is 151 Å². The number of Topliss-reactive ketones (excluding diaryl/α,β-unsaturated/α-hetero) is 1. The number of ketones is 1. The Balaban J connectivity index is 1.97. The van der Waals surface area contributed by atoms with Crippen molar-refractivity contribution in [3.63, 3.8) is 0 Å². The normalized spacial score (nSPS) is 12.2. The molecule has 0 unspecified atom stereocenters. The predicted octanol–water partition coefficient (Wildman–Crippen LogP) is 1.28. The highest BCUT2D eigenvalue weighted by Gasteiger charge is 2.29. The molecule has 0 aliphatic heterocycles. The zero-order chi connectivity index (χ0) is 28.6. The number of aryl methyl sites for hydroxylation is 1. The van der Waals surface area contributed by atoms with Crippen molar-refractivity contribution in [3.05, 3.63) is 64.7 Å². The fraction of sp³-hybridized carbons (Fsp3) is 0.292. The highest BCUT2D eigenvalue weighted by molar-refractivity contribution is 6.35. The fourth-order valence-corrected chi connectivity index (χ4v) is 3.05. The van der Waals surface area contributed by atoms with Gasteiger partial charge in [0.1, 0.15) is 18.7 Å². The standard InChI is InChI=1S/C24H23F4N3O7/c1-11-4-3-5-13(6-11)9-29-23(36)24(37)30-12(2)22(35)31-16(8-18(33)34)17(32)10-38-21-19(27)14(25)7-15(26)20(21)28/h3-7,12,16H,8-10H2,1-2H3,(H,29,36)(H,30,37)(H,31,35)(H,33,34)/t12-,16-/m0/s1. The van der Waals surface area contributed by atoms with Gasteiger partial charge in [-0.05, 0) is 19.4 Å². The lowest BCUT2D eigenvalue weighted by molar-refractivity contribution is -0.142. The Morgan fingerprint density at radius 2 is 1.58 bits per heavy atom. The van der Waals surface area contributed by atoms with Crippen LogP contribution < -0.4 is 20.7 Å². The minimum atomic E-state index is -1.92. The van der Waals surface area contributed by atoms with Crippen LogP contribution in [0.3, 0.4) is 0 Å². The molecular weight excluding hydrogens is 518 g/mol. The van der Waals surface area contributed by atoms with Crippen LogP contribution in [0, 0.1) is 30.2 Å². The van der Waals surface area contributed by atoms with Gasteiger partial charge in [0.15, 0.2) is 23.2 Å². The second-order valence-corrected chi connectivity index (χ2v) is 8.08. The predicted molar refractivity (Wildman–Crippen MR) is 122 cm³/mol. The number of nitrogens with one attached hydrogen (secondary N) is 3. The maximum atomic E-state index is 13.7. The van der Waals surface area contributed by atoms with Crippen LogP contribution in [0.25, 0.3) is 0 Å². The van der Waals surface area contributed by atoms with Crippen LogP contribution in [-0.2, 0) is 30.5 Å². The molecule has 0 saturated heterocycles.